The third-order valence-electron chi connectivity index (χ3n) is 3.75. The molecule has 11 heteroatoms. The average Bonchev–Trinajstić information content (AvgIpc) is 2.96. The van der Waals surface area contributed by atoms with Crippen molar-refractivity contribution in [3.8, 4) is 10.7 Å². The SMILES string of the molecule is C[C@@H]1CN(C(=O)O)CCN1c1nc(-c2scnc2Cl)[nH]c(=O)c1Cl. The summed E-state index contributed by atoms with van der Waals surface area (Å²) in [7, 11) is 0. The minimum atomic E-state index is -0.969. The second-order valence-corrected chi connectivity index (χ2v) is 6.89. The molecule has 0 radical (unpaired) electrons. The number of nitrogens with zero attached hydrogens (tertiary/aromatic N) is 4. The van der Waals surface area contributed by atoms with E-state index < -0.39 is 11.7 Å². The molecule has 0 saturated carbocycles. The van der Waals surface area contributed by atoms with Crippen LogP contribution in [-0.2, 0) is 0 Å². The minimum Gasteiger partial charge on any atom is -0.465 e. The molecule has 0 spiro atoms. The molecule has 1 aliphatic heterocycles. The molecule has 0 aliphatic carbocycles. The van der Waals surface area contributed by atoms with Gasteiger partial charge in [-0.05, 0) is 6.92 Å². The Bertz CT molecular complexity index is 839. The van der Waals surface area contributed by atoms with Gasteiger partial charge in [-0.1, -0.05) is 23.2 Å². The number of piperazine rings is 1. The Kier molecular flexibility index (Phi) is 4.66. The molecule has 1 amide bonds. The highest BCUT2D eigenvalue weighted by Gasteiger charge is 2.30. The van der Waals surface area contributed by atoms with Crippen molar-refractivity contribution in [2.75, 3.05) is 24.5 Å². The molecule has 3 heterocycles. The molecule has 2 N–H and O–H groups in total. The van der Waals surface area contributed by atoms with E-state index in [1.54, 1.807) is 5.51 Å². The molecule has 0 aromatic carbocycles. The molecular formula is C13H13Cl2N5O3S. The number of halogens is 2. The number of H-pyrrole nitrogens is 1. The van der Waals surface area contributed by atoms with Gasteiger partial charge in [-0.2, -0.15) is 0 Å². The van der Waals surface area contributed by atoms with Crippen LogP contribution in [0.2, 0.25) is 10.2 Å². The van der Waals surface area contributed by atoms with Crippen LogP contribution in [0.15, 0.2) is 10.3 Å². The lowest BCUT2D eigenvalue weighted by atomic mass is 10.2. The summed E-state index contributed by atoms with van der Waals surface area (Å²) in [6.07, 6.45) is -0.969. The Morgan fingerprint density at radius 2 is 2.21 bits per heavy atom. The van der Waals surface area contributed by atoms with E-state index in [0.717, 1.165) is 0 Å². The fourth-order valence-electron chi connectivity index (χ4n) is 2.58. The molecule has 2 aromatic heterocycles. The highest BCUT2D eigenvalue weighted by Crippen LogP contribution is 2.31. The van der Waals surface area contributed by atoms with E-state index in [2.05, 4.69) is 15.0 Å². The summed E-state index contributed by atoms with van der Waals surface area (Å²) in [5, 5.41) is 9.32. The van der Waals surface area contributed by atoms with E-state index in [9.17, 15) is 9.59 Å². The molecule has 1 aliphatic rings. The summed E-state index contributed by atoms with van der Waals surface area (Å²) in [6.45, 7) is 2.85. The van der Waals surface area contributed by atoms with Crippen molar-refractivity contribution in [2.24, 2.45) is 0 Å². The van der Waals surface area contributed by atoms with Crippen molar-refractivity contribution in [3.05, 3.63) is 26.0 Å². The van der Waals surface area contributed by atoms with E-state index in [1.807, 2.05) is 11.8 Å². The Labute approximate surface area is 150 Å². The summed E-state index contributed by atoms with van der Waals surface area (Å²) < 4.78 is 0. The number of hydrogen-bond donors (Lipinski definition) is 2. The largest absolute Gasteiger partial charge is 0.465 e. The number of hydrogen-bond acceptors (Lipinski definition) is 6. The summed E-state index contributed by atoms with van der Waals surface area (Å²) >= 11 is 13.4. The number of thiazole rings is 1. The Morgan fingerprint density at radius 1 is 1.46 bits per heavy atom. The maximum atomic E-state index is 12.2. The van der Waals surface area contributed by atoms with Crippen molar-refractivity contribution in [2.45, 2.75) is 13.0 Å². The zero-order valence-corrected chi connectivity index (χ0v) is 14.8. The lowest BCUT2D eigenvalue weighted by Gasteiger charge is -2.39. The monoisotopic (exact) mass is 389 g/mol. The van der Waals surface area contributed by atoms with Gasteiger partial charge in [-0.25, -0.2) is 14.8 Å². The third-order valence-corrected chi connectivity index (χ3v) is 5.33. The van der Waals surface area contributed by atoms with Crippen molar-refractivity contribution < 1.29 is 9.90 Å². The van der Waals surface area contributed by atoms with Gasteiger partial charge < -0.3 is 19.9 Å². The van der Waals surface area contributed by atoms with Gasteiger partial charge in [-0.3, -0.25) is 4.79 Å². The van der Waals surface area contributed by atoms with Crippen molar-refractivity contribution in [3.63, 3.8) is 0 Å². The highest BCUT2D eigenvalue weighted by molar-refractivity contribution is 7.13. The highest BCUT2D eigenvalue weighted by atomic mass is 35.5. The predicted octanol–water partition coefficient (Wildman–Crippen LogP) is 2.39. The standard InChI is InChI=1S/C13H13Cl2N5O3S/c1-6-4-19(13(22)23)2-3-20(6)11-7(14)12(21)18-10(17-11)8-9(15)16-5-24-8/h5-6H,2-4H2,1H3,(H,22,23)(H,17,18,21)/t6-/m1/s1. The number of carboxylic acid groups (broad SMARTS) is 1. The summed E-state index contributed by atoms with van der Waals surface area (Å²) in [6, 6.07) is -0.175. The van der Waals surface area contributed by atoms with E-state index in [0.29, 0.717) is 36.2 Å². The van der Waals surface area contributed by atoms with Crippen LogP contribution in [0.4, 0.5) is 10.6 Å². The Hall–Kier alpha value is -1.84. The van der Waals surface area contributed by atoms with Crippen LogP contribution in [0, 0.1) is 0 Å². The first kappa shape index (κ1) is 17.0. The molecule has 2 aromatic rings. The molecule has 3 rings (SSSR count). The van der Waals surface area contributed by atoms with Crippen molar-refractivity contribution in [1.82, 2.24) is 19.9 Å². The smallest absolute Gasteiger partial charge is 0.407 e. The third kappa shape index (κ3) is 3.06. The van der Waals surface area contributed by atoms with Crippen molar-refractivity contribution >= 4 is 46.4 Å². The number of aromatic amines is 1. The van der Waals surface area contributed by atoms with Crippen LogP contribution in [-0.4, -0.2) is 56.7 Å². The quantitative estimate of drug-likeness (QED) is 0.817. The Balaban J connectivity index is 1.99. The number of amides is 1. The van der Waals surface area contributed by atoms with Crippen molar-refractivity contribution in [1.29, 1.82) is 0 Å². The average molecular weight is 390 g/mol. The number of aromatic nitrogens is 3. The topological polar surface area (TPSA) is 102 Å². The van der Waals surface area contributed by atoms with E-state index in [-0.39, 0.29) is 16.2 Å². The summed E-state index contributed by atoms with van der Waals surface area (Å²) in [4.78, 5) is 37.9. The van der Waals surface area contributed by atoms with Gasteiger partial charge in [0.25, 0.3) is 5.56 Å². The molecule has 128 valence electrons. The van der Waals surface area contributed by atoms with E-state index in [1.165, 1.54) is 16.2 Å². The van der Waals surface area contributed by atoms with E-state index >= 15 is 0 Å². The van der Waals surface area contributed by atoms with Crippen LogP contribution in [0.5, 0.6) is 0 Å². The molecule has 1 atom stereocenters. The fourth-order valence-corrected chi connectivity index (χ4v) is 3.73. The molecule has 1 fully saturated rings. The number of carbonyl (C=O) groups is 1. The number of nitrogens with one attached hydrogen (secondary N) is 1. The molecule has 8 nitrogen and oxygen atoms in total. The maximum Gasteiger partial charge on any atom is 0.407 e. The van der Waals surface area contributed by atoms with Gasteiger partial charge in [0.2, 0.25) is 0 Å². The van der Waals surface area contributed by atoms with Gasteiger partial charge in [0.15, 0.2) is 16.8 Å². The van der Waals surface area contributed by atoms with Gasteiger partial charge in [0.05, 0.1) is 5.51 Å². The zero-order chi connectivity index (χ0) is 17.4. The minimum absolute atomic E-state index is 0.0324. The van der Waals surface area contributed by atoms with Gasteiger partial charge in [0.1, 0.15) is 9.90 Å². The molecule has 0 bridgehead atoms. The van der Waals surface area contributed by atoms with Gasteiger partial charge in [-0.15, -0.1) is 11.3 Å². The zero-order valence-electron chi connectivity index (χ0n) is 12.5. The van der Waals surface area contributed by atoms with Crippen LogP contribution in [0.1, 0.15) is 6.92 Å². The predicted molar refractivity (Wildman–Crippen MR) is 92.4 cm³/mol. The lowest BCUT2D eigenvalue weighted by Crippen LogP contribution is -2.54. The fraction of sp³-hybridized carbons (Fsp3) is 0.385. The maximum absolute atomic E-state index is 12.2. The second kappa shape index (κ2) is 6.58. The van der Waals surface area contributed by atoms with E-state index in [4.69, 9.17) is 28.3 Å². The van der Waals surface area contributed by atoms with Crippen LogP contribution in [0.25, 0.3) is 10.7 Å². The van der Waals surface area contributed by atoms with Crippen LogP contribution in [0.3, 0.4) is 0 Å². The summed E-state index contributed by atoms with van der Waals surface area (Å²) in [5.41, 5.74) is 1.08. The molecule has 1 saturated heterocycles. The first-order chi connectivity index (χ1) is 11.4. The first-order valence-electron chi connectivity index (χ1n) is 7.02. The second-order valence-electron chi connectivity index (χ2n) is 5.30. The van der Waals surface area contributed by atoms with Gasteiger partial charge >= 0.3 is 6.09 Å². The number of anilines is 1. The molecule has 24 heavy (non-hydrogen) atoms. The first-order valence-corrected chi connectivity index (χ1v) is 8.65. The molecule has 0 unspecified atom stereocenters. The van der Waals surface area contributed by atoms with Crippen LogP contribution >= 0.6 is 34.5 Å². The molecular weight excluding hydrogens is 377 g/mol. The lowest BCUT2D eigenvalue weighted by molar-refractivity contribution is 0.136. The number of rotatable bonds is 2. The van der Waals surface area contributed by atoms with Crippen LogP contribution < -0.4 is 10.5 Å². The normalized spacial score (nSPS) is 18.0. The summed E-state index contributed by atoms with van der Waals surface area (Å²) in [5.74, 6) is 0.609. The Morgan fingerprint density at radius 3 is 2.79 bits per heavy atom. The van der Waals surface area contributed by atoms with Gasteiger partial charge in [0, 0.05) is 25.7 Å².